The van der Waals surface area contributed by atoms with Gasteiger partial charge in [-0.2, -0.15) is 0 Å². The smallest absolute Gasteiger partial charge is 0.339 e. The summed E-state index contributed by atoms with van der Waals surface area (Å²) in [6, 6.07) is 20.7. The monoisotopic (exact) mass is 458 g/mol. The second-order valence-electron chi connectivity index (χ2n) is 7.66. The molecule has 0 aliphatic heterocycles. The van der Waals surface area contributed by atoms with Crippen LogP contribution in [0.15, 0.2) is 77.6 Å². The van der Waals surface area contributed by atoms with E-state index in [4.69, 9.17) is 4.74 Å². The maximum Gasteiger partial charge on any atom is 0.339 e. The van der Waals surface area contributed by atoms with Gasteiger partial charge in [-0.25, -0.2) is 9.59 Å². The van der Waals surface area contributed by atoms with Crippen molar-refractivity contribution < 1.29 is 19.1 Å². The Bertz CT molecular complexity index is 1410. The fourth-order valence-electron chi connectivity index (χ4n) is 3.50. The SMILES string of the molecule is CN(Cc1ccccc1)C(=O)c1ccccc1C(=O)OCC(=O)Nc1ccc2[nH]c(=O)[nH]c2c1. The lowest BCUT2D eigenvalue weighted by Gasteiger charge is -2.19. The van der Waals surface area contributed by atoms with Gasteiger partial charge in [0.2, 0.25) is 0 Å². The molecule has 0 aliphatic rings. The van der Waals surface area contributed by atoms with Crippen LogP contribution in [0.1, 0.15) is 26.3 Å². The molecular weight excluding hydrogens is 436 g/mol. The molecule has 0 radical (unpaired) electrons. The lowest BCUT2D eigenvalue weighted by molar-refractivity contribution is -0.119. The molecule has 4 rings (SSSR count). The van der Waals surface area contributed by atoms with Crippen LogP contribution in [0.2, 0.25) is 0 Å². The van der Waals surface area contributed by atoms with E-state index in [0.717, 1.165) is 5.56 Å². The number of fused-ring (bicyclic) bond motifs is 1. The standard InChI is InChI=1S/C25H22N4O5/c1-29(14-16-7-3-2-4-8-16)23(31)18-9-5-6-10-19(18)24(32)34-15-22(30)26-17-11-12-20-21(13-17)28-25(33)27-20/h2-13H,14-15H2,1H3,(H,26,30)(H2,27,28,33). The van der Waals surface area contributed by atoms with Crippen LogP contribution in [0.4, 0.5) is 5.69 Å². The van der Waals surface area contributed by atoms with Crippen molar-refractivity contribution in [3.05, 3.63) is 100.0 Å². The second-order valence-corrected chi connectivity index (χ2v) is 7.66. The Morgan fingerprint density at radius 1 is 0.882 bits per heavy atom. The van der Waals surface area contributed by atoms with E-state index >= 15 is 0 Å². The average molecular weight is 458 g/mol. The fourth-order valence-corrected chi connectivity index (χ4v) is 3.50. The van der Waals surface area contributed by atoms with E-state index in [1.807, 2.05) is 30.3 Å². The number of anilines is 1. The molecule has 0 saturated carbocycles. The van der Waals surface area contributed by atoms with Crippen molar-refractivity contribution in [3.63, 3.8) is 0 Å². The maximum absolute atomic E-state index is 13.0. The summed E-state index contributed by atoms with van der Waals surface area (Å²) in [4.78, 5) is 56.0. The number of hydrogen-bond acceptors (Lipinski definition) is 5. The number of carbonyl (C=O) groups excluding carboxylic acids is 3. The molecule has 0 bridgehead atoms. The van der Waals surface area contributed by atoms with Crippen molar-refractivity contribution in [2.45, 2.75) is 6.54 Å². The number of ether oxygens (including phenoxy) is 1. The second kappa shape index (κ2) is 9.86. The Morgan fingerprint density at radius 3 is 2.32 bits per heavy atom. The number of nitrogens with one attached hydrogen (secondary N) is 3. The molecule has 1 heterocycles. The highest BCUT2D eigenvalue weighted by atomic mass is 16.5. The highest BCUT2D eigenvalue weighted by Crippen LogP contribution is 2.16. The number of aromatic amines is 2. The van der Waals surface area contributed by atoms with Gasteiger partial charge in [-0.1, -0.05) is 42.5 Å². The lowest BCUT2D eigenvalue weighted by Crippen LogP contribution is -2.28. The average Bonchev–Trinajstić information content (AvgIpc) is 3.22. The van der Waals surface area contributed by atoms with Gasteiger partial charge in [0.15, 0.2) is 6.61 Å². The first-order valence-corrected chi connectivity index (χ1v) is 10.5. The summed E-state index contributed by atoms with van der Waals surface area (Å²) in [5.74, 6) is -1.68. The van der Waals surface area contributed by atoms with E-state index < -0.39 is 18.5 Å². The van der Waals surface area contributed by atoms with Gasteiger partial charge in [-0.3, -0.25) is 9.59 Å². The van der Waals surface area contributed by atoms with Crippen LogP contribution in [0.3, 0.4) is 0 Å². The number of H-pyrrole nitrogens is 2. The first-order valence-electron chi connectivity index (χ1n) is 10.5. The van der Waals surface area contributed by atoms with E-state index in [1.165, 1.54) is 11.0 Å². The zero-order chi connectivity index (χ0) is 24.1. The van der Waals surface area contributed by atoms with Crippen molar-refractivity contribution in [2.24, 2.45) is 0 Å². The summed E-state index contributed by atoms with van der Waals surface area (Å²) in [5.41, 5.74) is 2.44. The molecule has 3 aromatic carbocycles. The number of imidazole rings is 1. The van der Waals surface area contributed by atoms with Gasteiger partial charge in [0, 0.05) is 19.3 Å². The fraction of sp³-hybridized carbons (Fsp3) is 0.120. The number of nitrogens with zero attached hydrogens (tertiary/aromatic N) is 1. The molecule has 9 nitrogen and oxygen atoms in total. The molecule has 172 valence electrons. The minimum atomic E-state index is -0.780. The van der Waals surface area contributed by atoms with E-state index in [2.05, 4.69) is 15.3 Å². The van der Waals surface area contributed by atoms with Gasteiger partial charge in [0.05, 0.1) is 22.2 Å². The third-order valence-electron chi connectivity index (χ3n) is 5.12. The zero-order valence-corrected chi connectivity index (χ0v) is 18.3. The molecule has 0 fully saturated rings. The number of aromatic nitrogens is 2. The summed E-state index contributed by atoms with van der Waals surface area (Å²) in [7, 11) is 1.65. The van der Waals surface area contributed by atoms with Crippen molar-refractivity contribution in [3.8, 4) is 0 Å². The molecule has 0 atom stereocenters. The van der Waals surface area contributed by atoms with Crippen molar-refractivity contribution in [1.82, 2.24) is 14.9 Å². The number of esters is 1. The Balaban J connectivity index is 1.39. The minimum absolute atomic E-state index is 0.0755. The zero-order valence-electron chi connectivity index (χ0n) is 18.3. The van der Waals surface area contributed by atoms with Crippen molar-refractivity contribution in [2.75, 3.05) is 19.0 Å². The maximum atomic E-state index is 13.0. The summed E-state index contributed by atoms with van der Waals surface area (Å²) >= 11 is 0. The lowest BCUT2D eigenvalue weighted by atomic mass is 10.1. The van der Waals surface area contributed by atoms with Crippen molar-refractivity contribution in [1.29, 1.82) is 0 Å². The molecule has 3 N–H and O–H groups in total. The Morgan fingerprint density at radius 2 is 1.56 bits per heavy atom. The van der Waals surface area contributed by atoms with Crippen LogP contribution in [-0.4, -0.2) is 46.3 Å². The van der Waals surface area contributed by atoms with Gasteiger partial charge in [0.1, 0.15) is 0 Å². The van der Waals surface area contributed by atoms with Gasteiger partial charge in [0.25, 0.3) is 11.8 Å². The van der Waals surface area contributed by atoms with Gasteiger partial charge < -0.3 is 24.9 Å². The molecule has 0 unspecified atom stereocenters. The van der Waals surface area contributed by atoms with Crippen molar-refractivity contribution >= 4 is 34.5 Å². The predicted octanol–water partition coefficient (Wildman–Crippen LogP) is 2.92. The topological polar surface area (TPSA) is 124 Å². The molecule has 0 aliphatic carbocycles. The molecule has 2 amide bonds. The Kier molecular flexibility index (Phi) is 6.54. The molecule has 1 aromatic heterocycles. The van der Waals surface area contributed by atoms with E-state index in [0.29, 0.717) is 23.3 Å². The van der Waals surface area contributed by atoms with Crippen LogP contribution < -0.4 is 11.0 Å². The Hall–Kier alpha value is -4.66. The van der Waals surface area contributed by atoms with Crippen LogP contribution in [0.25, 0.3) is 11.0 Å². The summed E-state index contributed by atoms with van der Waals surface area (Å²) in [5, 5.41) is 2.61. The van der Waals surface area contributed by atoms with Gasteiger partial charge in [-0.15, -0.1) is 0 Å². The molecule has 9 heteroatoms. The van der Waals surface area contributed by atoms with Gasteiger partial charge in [-0.05, 0) is 35.9 Å². The van der Waals surface area contributed by atoms with Crippen LogP contribution in [-0.2, 0) is 16.1 Å². The third-order valence-corrected chi connectivity index (χ3v) is 5.12. The quantitative estimate of drug-likeness (QED) is 0.367. The molecule has 34 heavy (non-hydrogen) atoms. The molecule has 0 saturated heterocycles. The minimum Gasteiger partial charge on any atom is -0.452 e. The number of amides is 2. The summed E-state index contributed by atoms with van der Waals surface area (Å²) < 4.78 is 5.16. The normalized spacial score (nSPS) is 10.6. The van der Waals surface area contributed by atoms with E-state index in [-0.39, 0.29) is 22.7 Å². The Labute approximate surface area is 194 Å². The highest BCUT2D eigenvalue weighted by Gasteiger charge is 2.21. The largest absolute Gasteiger partial charge is 0.452 e. The van der Waals surface area contributed by atoms with Crippen LogP contribution >= 0.6 is 0 Å². The molecule has 4 aromatic rings. The number of rotatable bonds is 7. The first-order chi connectivity index (χ1) is 16.4. The van der Waals surface area contributed by atoms with Crippen LogP contribution in [0.5, 0.6) is 0 Å². The van der Waals surface area contributed by atoms with Gasteiger partial charge >= 0.3 is 11.7 Å². The molecular formula is C25H22N4O5. The van der Waals surface area contributed by atoms with E-state index in [9.17, 15) is 19.2 Å². The first kappa shape index (κ1) is 22.5. The summed E-state index contributed by atoms with van der Waals surface area (Å²) in [6.07, 6.45) is 0. The number of carbonyl (C=O) groups is 3. The molecule has 0 spiro atoms. The number of benzene rings is 3. The highest BCUT2D eigenvalue weighted by molar-refractivity contribution is 6.06. The van der Waals surface area contributed by atoms with Crippen LogP contribution in [0, 0.1) is 0 Å². The predicted molar refractivity (Wildman–Crippen MR) is 127 cm³/mol. The van der Waals surface area contributed by atoms with E-state index in [1.54, 1.807) is 43.4 Å². The summed E-state index contributed by atoms with van der Waals surface area (Å²) in [6.45, 7) is -0.162. The third kappa shape index (κ3) is 5.21. The number of hydrogen-bond donors (Lipinski definition) is 3.